The van der Waals surface area contributed by atoms with Crippen LogP contribution >= 0.6 is 0 Å². The minimum absolute atomic E-state index is 0.591. The van der Waals surface area contributed by atoms with Crippen LogP contribution in [0.4, 0.5) is 0 Å². The molecule has 1 heterocycles. The maximum absolute atomic E-state index is 3.53. The van der Waals surface area contributed by atoms with Crippen molar-refractivity contribution < 1.29 is 0 Å². The topological polar surface area (TPSA) is 12.0 Å². The van der Waals surface area contributed by atoms with E-state index >= 15 is 0 Å². The molecule has 1 saturated heterocycles. The molecule has 2 aliphatic rings. The van der Waals surface area contributed by atoms with Gasteiger partial charge in [-0.05, 0) is 42.7 Å². The quantitative estimate of drug-likeness (QED) is 0.560. The number of piperidine rings is 1. The fraction of sp³-hybridized carbons (Fsp3) is 1.00. The Morgan fingerprint density at radius 3 is 2.55 bits per heavy atom. The monoisotopic (exact) mass is 153 g/mol. The molecule has 0 spiro atoms. The van der Waals surface area contributed by atoms with E-state index in [1.54, 1.807) is 0 Å². The molecule has 0 radical (unpaired) electrons. The first-order valence-electron chi connectivity index (χ1n) is 4.83. The lowest BCUT2D eigenvalue weighted by molar-refractivity contribution is 0.201. The molecule has 0 aromatic heterocycles. The molecule has 1 heteroatoms. The lowest BCUT2D eigenvalue weighted by Gasteiger charge is -2.30. The molecule has 1 N–H and O–H groups in total. The van der Waals surface area contributed by atoms with E-state index in [2.05, 4.69) is 26.1 Å². The van der Waals surface area contributed by atoms with Crippen molar-refractivity contribution in [2.24, 2.45) is 23.2 Å². The summed E-state index contributed by atoms with van der Waals surface area (Å²) in [6.07, 6.45) is 1.47. The molecule has 0 aromatic carbocycles. The van der Waals surface area contributed by atoms with Crippen LogP contribution in [0.2, 0.25) is 0 Å². The highest BCUT2D eigenvalue weighted by molar-refractivity contribution is 4.99. The molecule has 2 rings (SSSR count). The Kier molecular flexibility index (Phi) is 1.54. The summed E-state index contributed by atoms with van der Waals surface area (Å²) >= 11 is 0. The largest absolute Gasteiger partial charge is 0.316 e. The Morgan fingerprint density at radius 2 is 2.00 bits per heavy atom. The minimum atomic E-state index is 0.591. The predicted octanol–water partition coefficient (Wildman–Crippen LogP) is 1.89. The summed E-state index contributed by atoms with van der Waals surface area (Å²) in [5.41, 5.74) is 0.591. The van der Waals surface area contributed by atoms with E-state index in [0.29, 0.717) is 5.41 Å². The summed E-state index contributed by atoms with van der Waals surface area (Å²) in [6.45, 7) is 9.83. The normalized spacial score (nSPS) is 47.7. The smallest absolute Gasteiger partial charge is 0.00151 e. The Bertz CT molecular complexity index is 158. The van der Waals surface area contributed by atoms with Crippen molar-refractivity contribution in [3.05, 3.63) is 0 Å². The number of rotatable bonds is 0. The molecule has 1 saturated carbocycles. The molecular formula is C10H19N. The highest BCUT2D eigenvalue weighted by Crippen LogP contribution is 2.51. The van der Waals surface area contributed by atoms with Crippen LogP contribution < -0.4 is 5.32 Å². The van der Waals surface area contributed by atoms with E-state index in [-0.39, 0.29) is 0 Å². The zero-order chi connectivity index (χ0) is 8.06. The van der Waals surface area contributed by atoms with Gasteiger partial charge >= 0.3 is 0 Å². The van der Waals surface area contributed by atoms with Crippen molar-refractivity contribution in [2.75, 3.05) is 13.1 Å². The number of hydrogen-bond acceptors (Lipinski definition) is 1. The van der Waals surface area contributed by atoms with Crippen molar-refractivity contribution in [1.29, 1.82) is 0 Å². The third kappa shape index (κ3) is 0.936. The third-order valence-electron chi connectivity index (χ3n) is 4.32. The van der Waals surface area contributed by atoms with E-state index in [9.17, 15) is 0 Å². The van der Waals surface area contributed by atoms with Crippen LogP contribution in [0.15, 0.2) is 0 Å². The summed E-state index contributed by atoms with van der Waals surface area (Å²) in [7, 11) is 0. The van der Waals surface area contributed by atoms with Crippen LogP contribution in [0.1, 0.15) is 27.2 Å². The molecule has 11 heavy (non-hydrogen) atoms. The van der Waals surface area contributed by atoms with Crippen LogP contribution in [0.5, 0.6) is 0 Å². The first-order valence-corrected chi connectivity index (χ1v) is 4.83. The Morgan fingerprint density at radius 1 is 1.27 bits per heavy atom. The van der Waals surface area contributed by atoms with Gasteiger partial charge < -0.3 is 5.32 Å². The fourth-order valence-corrected chi connectivity index (χ4v) is 2.90. The Labute approximate surface area is 69.6 Å². The van der Waals surface area contributed by atoms with E-state index in [4.69, 9.17) is 0 Å². The predicted molar refractivity (Wildman–Crippen MR) is 47.4 cm³/mol. The fourth-order valence-electron chi connectivity index (χ4n) is 2.90. The standard InChI is InChI=1S/C10H19N/c1-7-8-4-9(6-11-5-8)10(7,2)3/h7-9,11H,4-6H2,1-3H3/t7-,8-,9+/m1/s1. The van der Waals surface area contributed by atoms with Crippen molar-refractivity contribution in [3.63, 3.8) is 0 Å². The maximum atomic E-state index is 3.53. The van der Waals surface area contributed by atoms with E-state index in [1.807, 2.05) is 0 Å². The summed E-state index contributed by atoms with van der Waals surface area (Å²) in [5.74, 6) is 2.82. The number of nitrogens with one attached hydrogen (secondary N) is 1. The molecule has 1 nitrogen and oxygen atoms in total. The van der Waals surface area contributed by atoms with Gasteiger partial charge in [-0.2, -0.15) is 0 Å². The summed E-state index contributed by atoms with van der Waals surface area (Å²) in [6, 6.07) is 0. The van der Waals surface area contributed by atoms with Crippen LogP contribution in [0, 0.1) is 23.2 Å². The van der Waals surface area contributed by atoms with Gasteiger partial charge in [-0.15, -0.1) is 0 Å². The van der Waals surface area contributed by atoms with Gasteiger partial charge in [0.05, 0.1) is 0 Å². The van der Waals surface area contributed by atoms with Crippen LogP contribution in [0.25, 0.3) is 0 Å². The highest BCUT2D eigenvalue weighted by Gasteiger charge is 2.47. The maximum Gasteiger partial charge on any atom is -0.00151 e. The molecule has 0 aromatic rings. The minimum Gasteiger partial charge on any atom is -0.316 e. The molecule has 0 amide bonds. The molecule has 3 atom stereocenters. The first kappa shape index (κ1) is 7.60. The Hall–Kier alpha value is -0.0400. The SMILES string of the molecule is C[C@@H]1[C@H]2CNC[C@H](C2)C1(C)C. The van der Waals surface area contributed by atoms with Gasteiger partial charge in [-0.1, -0.05) is 20.8 Å². The van der Waals surface area contributed by atoms with E-state index < -0.39 is 0 Å². The molecule has 64 valence electrons. The molecule has 1 aliphatic heterocycles. The first-order chi connectivity index (χ1) is 5.12. The average Bonchev–Trinajstić information content (AvgIpc) is 2.15. The van der Waals surface area contributed by atoms with Gasteiger partial charge in [0, 0.05) is 0 Å². The average molecular weight is 153 g/mol. The second-order valence-corrected chi connectivity index (χ2v) is 4.96. The van der Waals surface area contributed by atoms with E-state index in [1.165, 1.54) is 19.5 Å². The van der Waals surface area contributed by atoms with Gasteiger partial charge in [0.15, 0.2) is 0 Å². The van der Waals surface area contributed by atoms with Gasteiger partial charge in [-0.3, -0.25) is 0 Å². The van der Waals surface area contributed by atoms with Crippen molar-refractivity contribution in [1.82, 2.24) is 5.32 Å². The van der Waals surface area contributed by atoms with Gasteiger partial charge in [-0.25, -0.2) is 0 Å². The summed E-state index contributed by atoms with van der Waals surface area (Å²) < 4.78 is 0. The summed E-state index contributed by atoms with van der Waals surface area (Å²) in [5, 5.41) is 3.53. The van der Waals surface area contributed by atoms with Gasteiger partial charge in [0.1, 0.15) is 0 Å². The molecule has 1 aliphatic carbocycles. The Balaban J connectivity index is 2.24. The second-order valence-electron chi connectivity index (χ2n) is 4.96. The van der Waals surface area contributed by atoms with Crippen LogP contribution in [0.3, 0.4) is 0 Å². The van der Waals surface area contributed by atoms with Gasteiger partial charge in [0.2, 0.25) is 0 Å². The zero-order valence-corrected chi connectivity index (χ0v) is 7.85. The highest BCUT2D eigenvalue weighted by atomic mass is 14.9. The van der Waals surface area contributed by atoms with Crippen LogP contribution in [-0.2, 0) is 0 Å². The van der Waals surface area contributed by atoms with Crippen molar-refractivity contribution in [2.45, 2.75) is 27.2 Å². The van der Waals surface area contributed by atoms with Crippen LogP contribution in [-0.4, -0.2) is 13.1 Å². The zero-order valence-electron chi connectivity index (χ0n) is 7.85. The summed E-state index contributed by atoms with van der Waals surface area (Å²) in [4.78, 5) is 0. The number of fused-ring (bicyclic) bond motifs is 2. The number of hydrogen-bond donors (Lipinski definition) is 1. The third-order valence-corrected chi connectivity index (χ3v) is 4.32. The molecule has 2 bridgehead atoms. The lowest BCUT2D eigenvalue weighted by Crippen LogP contribution is -2.33. The van der Waals surface area contributed by atoms with Crippen molar-refractivity contribution in [3.8, 4) is 0 Å². The lowest BCUT2D eigenvalue weighted by atomic mass is 9.76. The van der Waals surface area contributed by atoms with Gasteiger partial charge in [0.25, 0.3) is 0 Å². The molecule has 2 fully saturated rings. The van der Waals surface area contributed by atoms with Crippen molar-refractivity contribution >= 4 is 0 Å². The molecule has 0 unspecified atom stereocenters. The second kappa shape index (κ2) is 2.22. The van der Waals surface area contributed by atoms with E-state index in [0.717, 1.165) is 17.8 Å². The molecular weight excluding hydrogens is 134 g/mol.